The second-order valence-electron chi connectivity index (χ2n) is 2.33. The van der Waals surface area contributed by atoms with Crippen molar-refractivity contribution in [3.8, 4) is 0 Å². The van der Waals surface area contributed by atoms with Gasteiger partial charge >= 0.3 is 5.97 Å². The summed E-state index contributed by atoms with van der Waals surface area (Å²) in [5.74, 6) is -1.93. The summed E-state index contributed by atoms with van der Waals surface area (Å²) >= 11 is 3.03. The number of carbonyl (C=O) groups excluding carboxylic acids is 1. The van der Waals surface area contributed by atoms with Crippen LogP contribution in [0.3, 0.4) is 0 Å². The Hall–Kier alpha value is -1.36. The van der Waals surface area contributed by atoms with E-state index in [1.54, 1.807) is 6.07 Å². The highest BCUT2D eigenvalue weighted by Gasteiger charge is 2.16. The number of carboxylic acid groups (broad SMARTS) is 1. The minimum Gasteiger partial charge on any atom is -0.478 e. The van der Waals surface area contributed by atoms with E-state index in [0.717, 1.165) is 0 Å². The van der Waals surface area contributed by atoms with Crippen LogP contribution in [-0.2, 0) is 0 Å². The van der Waals surface area contributed by atoms with Gasteiger partial charge in [-0.1, -0.05) is 6.07 Å². The summed E-state index contributed by atoms with van der Waals surface area (Å²) in [5, 5.41) is 8.76. The highest BCUT2D eigenvalue weighted by atomic mass is 79.9. The number of primary amides is 1. The molecule has 5 heteroatoms. The minimum atomic E-state index is -1.18. The van der Waals surface area contributed by atoms with Crippen LogP contribution in [0.2, 0.25) is 0 Å². The summed E-state index contributed by atoms with van der Waals surface area (Å²) in [5.41, 5.74) is 4.90. The van der Waals surface area contributed by atoms with E-state index in [1.165, 1.54) is 12.1 Å². The maximum atomic E-state index is 10.8. The second kappa shape index (κ2) is 3.57. The molecule has 1 amide bonds. The number of nitrogens with two attached hydrogens (primary N) is 1. The van der Waals surface area contributed by atoms with E-state index in [9.17, 15) is 9.59 Å². The molecular formula is C8H6BrNO3. The number of amides is 1. The lowest BCUT2D eigenvalue weighted by Crippen LogP contribution is -2.16. The van der Waals surface area contributed by atoms with Gasteiger partial charge in [0.05, 0.1) is 11.1 Å². The van der Waals surface area contributed by atoms with Gasteiger partial charge in [0.1, 0.15) is 0 Å². The molecule has 0 aliphatic heterocycles. The summed E-state index contributed by atoms with van der Waals surface area (Å²) in [6, 6.07) is 4.46. The Morgan fingerprint density at radius 1 is 1.38 bits per heavy atom. The van der Waals surface area contributed by atoms with E-state index in [-0.39, 0.29) is 11.1 Å². The summed E-state index contributed by atoms with van der Waals surface area (Å²) in [6.07, 6.45) is 0. The van der Waals surface area contributed by atoms with E-state index >= 15 is 0 Å². The Morgan fingerprint density at radius 2 is 2.00 bits per heavy atom. The average Bonchev–Trinajstić information content (AvgIpc) is 2.02. The fourth-order valence-corrected chi connectivity index (χ4v) is 1.48. The van der Waals surface area contributed by atoms with Crippen molar-refractivity contribution in [1.82, 2.24) is 0 Å². The molecule has 0 heterocycles. The number of benzene rings is 1. The molecule has 4 nitrogen and oxygen atoms in total. The van der Waals surface area contributed by atoms with Gasteiger partial charge in [-0.2, -0.15) is 0 Å². The van der Waals surface area contributed by atoms with Crippen molar-refractivity contribution in [1.29, 1.82) is 0 Å². The monoisotopic (exact) mass is 243 g/mol. The number of carboxylic acids is 1. The average molecular weight is 244 g/mol. The van der Waals surface area contributed by atoms with Crippen molar-refractivity contribution in [2.75, 3.05) is 0 Å². The van der Waals surface area contributed by atoms with Crippen LogP contribution in [0.15, 0.2) is 22.7 Å². The van der Waals surface area contributed by atoms with Gasteiger partial charge in [-0.25, -0.2) is 4.79 Å². The minimum absolute atomic E-state index is 0.00174. The molecular weight excluding hydrogens is 238 g/mol. The number of carbonyl (C=O) groups is 2. The summed E-state index contributed by atoms with van der Waals surface area (Å²) in [4.78, 5) is 21.5. The largest absolute Gasteiger partial charge is 0.478 e. The normalized spacial score (nSPS) is 9.62. The van der Waals surface area contributed by atoms with Crippen molar-refractivity contribution < 1.29 is 14.7 Å². The first-order valence-corrected chi connectivity index (χ1v) is 4.15. The number of hydrogen-bond acceptors (Lipinski definition) is 2. The third-order valence-corrected chi connectivity index (χ3v) is 2.15. The van der Waals surface area contributed by atoms with Gasteiger partial charge in [-0.15, -0.1) is 0 Å². The molecule has 13 heavy (non-hydrogen) atoms. The first kappa shape index (κ1) is 9.73. The maximum Gasteiger partial charge on any atom is 0.337 e. The van der Waals surface area contributed by atoms with Crippen LogP contribution >= 0.6 is 15.9 Å². The highest BCUT2D eigenvalue weighted by Crippen LogP contribution is 2.20. The summed E-state index contributed by atoms with van der Waals surface area (Å²) in [6.45, 7) is 0. The van der Waals surface area contributed by atoms with Crippen LogP contribution in [0.25, 0.3) is 0 Å². The van der Waals surface area contributed by atoms with Gasteiger partial charge in [0.2, 0.25) is 5.91 Å². The van der Waals surface area contributed by atoms with Crippen LogP contribution in [0.4, 0.5) is 0 Å². The van der Waals surface area contributed by atoms with Crippen LogP contribution in [0.1, 0.15) is 20.7 Å². The van der Waals surface area contributed by atoms with Gasteiger partial charge in [0, 0.05) is 4.47 Å². The lowest BCUT2D eigenvalue weighted by molar-refractivity contribution is 0.0691. The zero-order valence-electron chi connectivity index (χ0n) is 6.45. The van der Waals surface area contributed by atoms with Gasteiger partial charge in [-0.05, 0) is 28.1 Å². The first-order valence-electron chi connectivity index (χ1n) is 3.35. The van der Waals surface area contributed by atoms with E-state index in [4.69, 9.17) is 10.8 Å². The van der Waals surface area contributed by atoms with Crippen molar-refractivity contribution >= 4 is 27.8 Å². The zero-order chi connectivity index (χ0) is 10.0. The molecule has 1 aromatic rings. The van der Waals surface area contributed by atoms with E-state index in [0.29, 0.717) is 4.47 Å². The summed E-state index contributed by atoms with van der Waals surface area (Å²) in [7, 11) is 0. The number of hydrogen-bond donors (Lipinski definition) is 2. The quantitative estimate of drug-likeness (QED) is 0.821. The molecule has 1 aromatic carbocycles. The van der Waals surface area contributed by atoms with Crippen LogP contribution in [-0.4, -0.2) is 17.0 Å². The predicted octanol–water partition coefficient (Wildman–Crippen LogP) is 1.25. The molecule has 0 aliphatic rings. The molecule has 0 bridgehead atoms. The van der Waals surface area contributed by atoms with Crippen LogP contribution < -0.4 is 5.73 Å². The zero-order valence-corrected chi connectivity index (χ0v) is 8.04. The Labute approximate surface area is 82.5 Å². The standard InChI is InChI=1S/C8H6BrNO3/c9-5-3-1-2-4(7(10)11)6(5)8(12)13/h1-3H,(H2,10,11)(H,12,13). The van der Waals surface area contributed by atoms with Crippen LogP contribution in [0.5, 0.6) is 0 Å². The van der Waals surface area contributed by atoms with Gasteiger partial charge in [-0.3, -0.25) is 4.79 Å². The molecule has 0 saturated carbocycles. The van der Waals surface area contributed by atoms with Crippen molar-refractivity contribution in [3.05, 3.63) is 33.8 Å². The predicted molar refractivity (Wildman–Crippen MR) is 49.6 cm³/mol. The molecule has 0 saturated heterocycles. The number of rotatable bonds is 2. The van der Waals surface area contributed by atoms with Gasteiger partial charge in [0.25, 0.3) is 0 Å². The van der Waals surface area contributed by atoms with E-state index in [2.05, 4.69) is 15.9 Å². The smallest absolute Gasteiger partial charge is 0.337 e. The van der Waals surface area contributed by atoms with Gasteiger partial charge in [0.15, 0.2) is 0 Å². The molecule has 1 rings (SSSR count). The van der Waals surface area contributed by atoms with Crippen molar-refractivity contribution in [2.24, 2.45) is 5.73 Å². The Kier molecular flexibility index (Phi) is 2.67. The molecule has 0 aliphatic carbocycles. The molecule has 0 spiro atoms. The lowest BCUT2D eigenvalue weighted by atomic mass is 10.1. The van der Waals surface area contributed by atoms with E-state index in [1.807, 2.05) is 0 Å². The fourth-order valence-electron chi connectivity index (χ4n) is 0.947. The van der Waals surface area contributed by atoms with Crippen LogP contribution in [0, 0.1) is 0 Å². The molecule has 0 aromatic heterocycles. The number of halogens is 1. The third-order valence-electron chi connectivity index (χ3n) is 1.49. The van der Waals surface area contributed by atoms with E-state index < -0.39 is 11.9 Å². The number of aromatic carboxylic acids is 1. The first-order chi connectivity index (χ1) is 6.04. The molecule has 0 atom stereocenters. The van der Waals surface area contributed by atoms with Crippen molar-refractivity contribution in [2.45, 2.75) is 0 Å². The Balaban J connectivity index is 3.43. The maximum absolute atomic E-state index is 10.8. The topological polar surface area (TPSA) is 80.4 Å². The lowest BCUT2D eigenvalue weighted by Gasteiger charge is -2.03. The molecule has 3 N–H and O–H groups in total. The fraction of sp³-hybridized carbons (Fsp3) is 0. The molecule has 0 radical (unpaired) electrons. The second-order valence-corrected chi connectivity index (χ2v) is 3.19. The molecule has 0 unspecified atom stereocenters. The SMILES string of the molecule is NC(=O)c1cccc(Br)c1C(=O)O. The highest BCUT2D eigenvalue weighted by molar-refractivity contribution is 9.10. The summed E-state index contributed by atoms with van der Waals surface area (Å²) < 4.78 is 0.344. The third kappa shape index (κ3) is 1.86. The Bertz CT molecular complexity index is 376. The molecule has 0 fully saturated rings. The van der Waals surface area contributed by atoms with Crippen molar-refractivity contribution in [3.63, 3.8) is 0 Å². The van der Waals surface area contributed by atoms with Gasteiger partial charge < -0.3 is 10.8 Å². The Morgan fingerprint density at radius 3 is 2.38 bits per heavy atom. The molecule has 68 valence electrons.